The molecule has 0 aliphatic carbocycles. The van der Waals surface area contributed by atoms with Crippen LogP contribution in [-0.4, -0.2) is 47.8 Å². The maximum Gasteiger partial charge on any atom is 0.413 e. The van der Waals surface area contributed by atoms with Gasteiger partial charge in [0.25, 0.3) is 0 Å². The van der Waals surface area contributed by atoms with Crippen molar-refractivity contribution < 1.29 is 46.8 Å². The molecular formula is C18H20F2IN3O2S. The van der Waals surface area contributed by atoms with Gasteiger partial charge in [-0.05, 0) is 18.2 Å². The molecule has 2 aromatic rings. The molecule has 146 valence electrons. The summed E-state index contributed by atoms with van der Waals surface area (Å²) in [6.45, 7) is 3.01. The third-order valence-corrected chi connectivity index (χ3v) is 6.45. The van der Waals surface area contributed by atoms with Gasteiger partial charge in [0, 0.05) is 24.8 Å². The number of carbonyl (C=O) groups is 1. The quantitative estimate of drug-likeness (QED) is 0.499. The van der Waals surface area contributed by atoms with Crippen LogP contribution in [0.1, 0.15) is 19.3 Å². The number of thiazole rings is 1. The van der Waals surface area contributed by atoms with E-state index in [9.17, 15) is 13.6 Å². The van der Waals surface area contributed by atoms with E-state index in [0.29, 0.717) is 4.88 Å². The summed E-state index contributed by atoms with van der Waals surface area (Å²) in [4.78, 5) is 16.9. The molecule has 0 atom stereocenters. The second kappa shape index (κ2) is 7.59. The van der Waals surface area contributed by atoms with Crippen molar-refractivity contribution in [2.24, 2.45) is 0 Å². The SMILES string of the molecule is C[N+]12CCC(OC(=O)Nc3ncsc3-c3cc(F)ccc3F)(CC1)CC2.[I-]. The zero-order valence-electron chi connectivity index (χ0n) is 14.8. The molecule has 0 spiro atoms. The number of aromatic nitrogens is 1. The fourth-order valence-electron chi connectivity index (χ4n) is 3.80. The number of amides is 1. The number of benzene rings is 1. The van der Waals surface area contributed by atoms with E-state index in [1.54, 1.807) is 0 Å². The first-order chi connectivity index (χ1) is 12.4. The van der Waals surface area contributed by atoms with Gasteiger partial charge in [-0.3, -0.25) is 5.32 Å². The Morgan fingerprint density at radius 3 is 2.59 bits per heavy atom. The maximum atomic E-state index is 14.0. The summed E-state index contributed by atoms with van der Waals surface area (Å²) >= 11 is 1.14. The van der Waals surface area contributed by atoms with Crippen molar-refractivity contribution in [1.82, 2.24) is 4.98 Å². The topological polar surface area (TPSA) is 51.2 Å². The highest BCUT2D eigenvalue weighted by molar-refractivity contribution is 7.13. The van der Waals surface area contributed by atoms with E-state index in [4.69, 9.17) is 4.74 Å². The van der Waals surface area contributed by atoms with Crippen LogP contribution in [0.25, 0.3) is 10.4 Å². The molecule has 2 bridgehead atoms. The smallest absolute Gasteiger partial charge is 0.413 e. The Morgan fingerprint density at radius 2 is 1.93 bits per heavy atom. The van der Waals surface area contributed by atoms with E-state index in [0.717, 1.165) is 72.9 Å². The number of hydrogen-bond acceptors (Lipinski definition) is 4. The monoisotopic (exact) mass is 507 g/mol. The van der Waals surface area contributed by atoms with Crippen molar-refractivity contribution in [2.75, 3.05) is 32.0 Å². The van der Waals surface area contributed by atoms with Gasteiger partial charge < -0.3 is 33.2 Å². The number of anilines is 1. The zero-order chi connectivity index (χ0) is 18.4. The van der Waals surface area contributed by atoms with Crippen LogP contribution in [-0.2, 0) is 4.74 Å². The minimum absolute atomic E-state index is 0. The highest BCUT2D eigenvalue weighted by Crippen LogP contribution is 2.39. The molecule has 9 heteroatoms. The van der Waals surface area contributed by atoms with Crippen LogP contribution < -0.4 is 29.3 Å². The largest absolute Gasteiger partial charge is 1.00 e. The summed E-state index contributed by atoms with van der Waals surface area (Å²) in [6, 6.07) is 3.21. The predicted molar refractivity (Wildman–Crippen MR) is 94.9 cm³/mol. The second-order valence-corrected chi connectivity index (χ2v) is 8.25. The summed E-state index contributed by atoms with van der Waals surface area (Å²) in [5.74, 6) is -0.928. The Balaban J connectivity index is 0.00000210. The van der Waals surface area contributed by atoms with Crippen LogP contribution in [0.15, 0.2) is 23.7 Å². The predicted octanol–water partition coefficient (Wildman–Crippen LogP) is 1.02. The van der Waals surface area contributed by atoms with Gasteiger partial charge in [-0.25, -0.2) is 18.6 Å². The highest BCUT2D eigenvalue weighted by Gasteiger charge is 2.49. The molecule has 27 heavy (non-hydrogen) atoms. The Bertz CT molecular complexity index is 836. The molecule has 3 aliphatic rings. The lowest BCUT2D eigenvalue weighted by molar-refractivity contribution is -0.926. The minimum Gasteiger partial charge on any atom is -1.00 e. The number of piperidine rings is 3. The average molecular weight is 507 g/mol. The third-order valence-electron chi connectivity index (χ3n) is 5.59. The van der Waals surface area contributed by atoms with Crippen molar-refractivity contribution in [3.05, 3.63) is 35.3 Å². The highest BCUT2D eigenvalue weighted by atomic mass is 127. The van der Waals surface area contributed by atoms with Crippen LogP contribution in [0.3, 0.4) is 0 Å². The number of rotatable bonds is 3. The number of halogens is 3. The summed E-state index contributed by atoms with van der Waals surface area (Å²) in [5, 5.41) is 2.61. The number of nitrogens with zero attached hydrogens (tertiary/aromatic N) is 2. The average Bonchev–Trinajstić information content (AvgIpc) is 3.06. The fourth-order valence-corrected chi connectivity index (χ4v) is 4.56. The van der Waals surface area contributed by atoms with Crippen molar-refractivity contribution in [3.63, 3.8) is 0 Å². The number of ether oxygens (including phenoxy) is 1. The van der Waals surface area contributed by atoms with Crippen molar-refractivity contribution >= 4 is 23.2 Å². The van der Waals surface area contributed by atoms with E-state index in [-0.39, 0.29) is 35.4 Å². The van der Waals surface area contributed by atoms with Crippen LogP contribution >= 0.6 is 11.3 Å². The normalized spacial score (nSPS) is 26.3. The van der Waals surface area contributed by atoms with Gasteiger partial charge in [0.15, 0.2) is 5.82 Å². The van der Waals surface area contributed by atoms with Crippen LogP contribution in [0, 0.1) is 11.6 Å². The van der Waals surface area contributed by atoms with E-state index in [1.807, 2.05) is 0 Å². The minimum atomic E-state index is -0.591. The fraction of sp³-hybridized carbons (Fsp3) is 0.444. The van der Waals surface area contributed by atoms with Gasteiger partial charge in [-0.2, -0.15) is 0 Å². The van der Waals surface area contributed by atoms with Crippen molar-refractivity contribution in [2.45, 2.75) is 24.9 Å². The molecule has 0 radical (unpaired) electrons. The third kappa shape index (κ3) is 4.09. The molecule has 5 nitrogen and oxygen atoms in total. The molecule has 1 N–H and O–H groups in total. The molecule has 3 aliphatic heterocycles. The Hall–Kier alpha value is -1.33. The number of fused-ring (bicyclic) bond motifs is 3. The van der Waals surface area contributed by atoms with Gasteiger partial charge in [-0.15, -0.1) is 11.3 Å². The number of hydrogen-bond donors (Lipinski definition) is 1. The Labute approximate surface area is 177 Å². The van der Waals surface area contributed by atoms with Gasteiger partial charge in [0.1, 0.15) is 17.2 Å². The van der Waals surface area contributed by atoms with E-state index < -0.39 is 23.3 Å². The number of quaternary nitrogens is 1. The van der Waals surface area contributed by atoms with E-state index in [2.05, 4.69) is 17.3 Å². The van der Waals surface area contributed by atoms with Crippen LogP contribution in [0.5, 0.6) is 0 Å². The first kappa shape index (κ1) is 20.4. The molecular weight excluding hydrogens is 487 g/mol. The summed E-state index contributed by atoms with van der Waals surface area (Å²) in [5.41, 5.74) is 1.14. The van der Waals surface area contributed by atoms with Crippen molar-refractivity contribution in [3.8, 4) is 10.4 Å². The summed E-state index contributed by atoms with van der Waals surface area (Å²) < 4.78 is 34.3. The van der Waals surface area contributed by atoms with Gasteiger partial charge in [-0.1, -0.05) is 0 Å². The lowest BCUT2D eigenvalue weighted by atomic mass is 9.81. The van der Waals surface area contributed by atoms with Crippen LogP contribution in [0.4, 0.5) is 19.4 Å². The molecule has 1 aromatic carbocycles. The molecule has 3 fully saturated rings. The molecule has 1 amide bonds. The standard InChI is InChI=1S/C18H19F2N3O2S.HI/c1-23-7-4-18(5-8-23,6-9-23)25-17(24)22-16-15(26-11-21-16)13-10-12(19)2-3-14(13)20;/h2-3,10-11H,4-9H2,1H3;1H. The lowest BCUT2D eigenvalue weighted by Gasteiger charge is -2.51. The summed E-state index contributed by atoms with van der Waals surface area (Å²) in [7, 11) is 2.23. The zero-order valence-corrected chi connectivity index (χ0v) is 17.8. The van der Waals surface area contributed by atoms with Gasteiger partial charge in [0.2, 0.25) is 0 Å². The lowest BCUT2D eigenvalue weighted by Crippen LogP contribution is -3.00. The number of carbonyl (C=O) groups excluding carboxylic acids is 1. The molecule has 3 saturated heterocycles. The molecule has 5 rings (SSSR count). The Kier molecular flexibility index (Phi) is 5.74. The second-order valence-electron chi connectivity index (χ2n) is 7.39. The molecule has 0 unspecified atom stereocenters. The van der Waals surface area contributed by atoms with Gasteiger partial charge >= 0.3 is 6.09 Å². The van der Waals surface area contributed by atoms with Gasteiger partial charge in [0.05, 0.1) is 37.1 Å². The first-order valence-electron chi connectivity index (χ1n) is 8.61. The number of nitrogens with one attached hydrogen (secondary N) is 1. The molecule has 1 aromatic heterocycles. The van der Waals surface area contributed by atoms with Crippen LogP contribution in [0.2, 0.25) is 0 Å². The first-order valence-corrected chi connectivity index (χ1v) is 9.49. The Morgan fingerprint density at radius 1 is 1.26 bits per heavy atom. The summed E-state index contributed by atoms with van der Waals surface area (Å²) in [6.07, 6.45) is 1.95. The molecule has 0 saturated carbocycles. The van der Waals surface area contributed by atoms with E-state index in [1.165, 1.54) is 5.51 Å². The maximum absolute atomic E-state index is 14.0. The van der Waals surface area contributed by atoms with E-state index >= 15 is 0 Å². The molecule has 4 heterocycles. The van der Waals surface area contributed by atoms with Crippen molar-refractivity contribution in [1.29, 1.82) is 0 Å².